The summed E-state index contributed by atoms with van der Waals surface area (Å²) >= 11 is 0. The monoisotopic (exact) mass is 655 g/mol. The van der Waals surface area contributed by atoms with Crippen LogP contribution in [0.2, 0.25) is 0 Å². The molecule has 1 N–H and O–H groups in total. The van der Waals surface area contributed by atoms with Crippen molar-refractivity contribution in [1.82, 2.24) is 4.90 Å². The number of hydrogen-bond acceptors (Lipinski definition) is 4. The van der Waals surface area contributed by atoms with Crippen molar-refractivity contribution in [2.24, 2.45) is 11.8 Å². The first-order valence-corrected chi connectivity index (χ1v) is 18.8. The van der Waals surface area contributed by atoms with Crippen molar-refractivity contribution in [1.29, 1.82) is 0 Å². The summed E-state index contributed by atoms with van der Waals surface area (Å²) in [6, 6.07) is 18.2. The van der Waals surface area contributed by atoms with Gasteiger partial charge >= 0.3 is 0 Å². The van der Waals surface area contributed by atoms with Crippen molar-refractivity contribution in [3.8, 4) is 5.75 Å². The van der Waals surface area contributed by atoms with Crippen LogP contribution in [0.1, 0.15) is 137 Å². The van der Waals surface area contributed by atoms with Gasteiger partial charge in [-0.1, -0.05) is 95.1 Å². The molecule has 3 aromatic rings. The predicted molar refractivity (Wildman–Crippen MR) is 207 cm³/mol. The molecule has 1 saturated carbocycles. The number of nitrogens with zero attached hydrogens (tertiary/aromatic N) is 1. The van der Waals surface area contributed by atoms with Crippen LogP contribution in [0.4, 0.5) is 5.69 Å². The van der Waals surface area contributed by atoms with Crippen molar-refractivity contribution in [3.63, 3.8) is 0 Å². The molecule has 0 amide bonds. The summed E-state index contributed by atoms with van der Waals surface area (Å²) < 4.78 is 6.07. The van der Waals surface area contributed by atoms with E-state index in [2.05, 4.69) is 128 Å². The van der Waals surface area contributed by atoms with E-state index in [4.69, 9.17) is 4.74 Å². The maximum atomic E-state index is 11.3. The lowest BCUT2D eigenvalue weighted by Gasteiger charge is -2.22. The van der Waals surface area contributed by atoms with Gasteiger partial charge in [0, 0.05) is 25.3 Å². The van der Waals surface area contributed by atoms with E-state index in [0.29, 0.717) is 25.0 Å². The lowest BCUT2D eigenvalue weighted by Crippen LogP contribution is -2.25. The highest BCUT2D eigenvalue weighted by Gasteiger charge is 2.34. The van der Waals surface area contributed by atoms with Gasteiger partial charge in [0.25, 0.3) is 0 Å². The number of hydrogen-bond donors (Lipinski definition) is 1. The lowest BCUT2D eigenvalue weighted by molar-refractivity contribution is -0.109. The van der Waals surface area contributed by atoms with Gasteiger partial charge in [0.05, 0.1) is 13.2 Å². The number of benzene rings is 3. The molecule has 1 aliphatic heterocycles. The normalized spacial score (nSPS) is 18.0. The molecule has 3 aromatic carbocycles. The third-order valence-corrected chi connectivity index (χ3v) is 10.4. The van der Waals surface area contributed by atoms with Crippen molar-refractivity contribution in [2.45, 2.75) is 126 Å². The van der Waals surface area contributed by atoms with Crippen LogP contribution < -0.4 is 10.1 Å². The highest BCUT2D eigenvalue weighted by Crippen LogP contribution is 2.43. The number of anilines is 1. The van der Waals surface area contributed by atoms with E-state index in [1.807, 2.05) is 7.05 Å². The molecule has 4 nitrogen and oxygen atoms in total. The highest BCUT2D eigenvalue weighted by atomic mass is 16.5. The zero-order valence-corrected chi connectivity index (χ0v) is 32.2. The minimum absolute atomic E-state index is 0.288. The van der Waals surface area contributed by atoms with Crippen molar-refractivity contribution < 1.29 is 9.53 Å². The smallest absolute Gasteiger partial charge is 0.134 e. The van der Waals surface area contributed by atoms with Gasteiger partial charge in [0.1, 0.15) is 12.0 Å². The number of aldehydes is 1. The van der Waals surface area contributed by atoms with Crippen LogP contribution in [-0.2, 0) is 17.6 Å². The topological polar surface area (TPSA) is 41.6 Å². The molecule has 3 atom stereocenters. The number of ether oxygens (including phenoxy) is 1. The molecule has 48 heavy (non-hydrogen) atoms. The van der Waals surface area contributed by atoms with E-state index in [1.54, 1.807) is 0 Å². The van der Waals surface area contributed by atoms with E-state index in [9.17, 15) is 4.79 Å². The summed E-state index contributed by atoms with van der Waals surface area (Å²) in [7, 11) is 2.00. The Balaban J connectivity index is 0.000000268. The Kier molecular flexibility index (Phi) is 15.7. The molecular formula is C44H66N2O2. The van der Waals surface area contributed by atoms with Crippen molar-refractivity contribution >= 4 is 12.0 Å². The Morgan fingerprint density at radius 2 is 1.50 bits per heavy atom. The first-order valence-electron chi connectivity index (χ1n) is 18.8. The van der Waals surface area contributed by atoms with E-state index < -0.39 is 0 Å². The molecule has 0 aromatic heterocycles. The Morgan fingerprint density at radius 1 is 0.875 bits per heavy atom. The fourth-order valence-corrected chi connectivity index (χ4v) is 7.30. The maximum absolute atomic E-state index is 11.3. The highest BCUT2D eigenvalue weighted by molar-refractivity contribution is 5.59. The Hall–Kier alpha value is -3.11. The molecule has 2 unspecified atom stereocenters. The second-order valence-corrected chi connectivity index (χ2v) is 14.5. The molecule has 4 heteroatoms. The fourth-order valence-electron chi connectivity index (χ4n) is 7.30. The van der Waals surface area contributed by atoms with Gasteiger partial charge in [-0.2, -0.15) is 0 Å². The van der Waals surface area contributed by atoms with Crippen LogP contribution >= 0.6 is 0 Å². The zero-order valence-electron chi connectivity index (χ0n) is 32.2. The summed E-state index contributed by atoms with van der Waals surface area (Å²) in [5.41, 5.74) is 12.1. The summed E-state index contributed by atoms with van der Waals surface area (Å²) in [5.74, 6) is 4.00. The van der Waals surface area contributed by atoms with E-state index in [-0.39, 0.29) is 6.04 Å². The summed E-state index contributed by atoms with van der Waals surface area (Å²) in [6.07, 6.45) is 8.37. The van der Waals surface area contributed by atoms with Crippen LogP contribution in [-0.4, -0.2) is 37.9 Å². The summed E-state index contributed by atoms with van der Waals surface area (Å²) in [5, 5.41) is 3.29. The van der Waals surface area contributed by atoms with Crippen molar-refractivity contribution in [3.05, 3.63) is 93.0 Å². The number of aryl methyl sites for hydroxylation is 5. The number of carbonyl (C=O) groups excluding carboxylic acids is 1. The molecule has 2 aliphatic rings. The van der Waals surface area contributed by atoms with E-state index in [1.165, 1.54) is 63.0 Å². The van der Waals surface area contributed by atoms with Gasteiger partial charge in [-0.3, -0.25) is 4.90 Å². The quantitative estimate of drug-likeness (QED) is 0.197. The Bertz CT molecular complexity index is 1400. The molecule has 264 valence electrons. The fraction of sp³-hybridized carbons (Fsp3) is 0.568. The third-order valence-electron chi connectivity index (χ3n) is 10.4. The first kappa shape index (κ1) is 39.3. The van der Waals surface area contributed by atoms with Crippen LogP contribution in [0.5, 0.6) is 5.75 Å². The van der Waals surface area contributed by atoms with Crippen LogP contribution in [0, 0.1) is 32.6 Å². The number of carbonyl (C=O) groups is 1. The molecule has 0 spiro atoms. The second-order valence-electron chi connectivity index (χ2n) is 14.5. The molecule has 1 aliphatic carbocycles. The van der Waals surface area contributed by atoms with Gasteiger partial charge in [-0.15, -0.1) is 0 Å². The van der Waals surface area contributed by atoms with Gasteiger partial charge in [0.15, 0.2) is 0 Å². The van der Waals surface area contributed by atoms with Crippen molar-refractivity contribution in [2.75, 3.05) is 32.1 Å². The lowest BCUT2D eigenvalue weighted by atomic mass is 9.87. The van der Waals surface area contributed by atoms with Crippen LogP contribution in [0.15, 0.2) is 48.5 Å². The molecule has 0 bridgehead atoms. The van der Waals surface area contributed by atoms with E-state index >= 15 is 0 Å². The van der Waals surface area contributed by atoms with E-state index in [0.717, 1.165) is 56.1 Å². The molecule has 2 fully saturated rings. The number of likely N-dealkylation sites (tertiary alicyclic amines) is 1. The molecule has 5 rings (SSSR count). The second kappa shape index (κ2) is 19.2. The molecular weight excluding hydrogens is 588 g/mol. The average Bonchev–Trinajstić information content (AvgIpc) is 3.85. The summed E-state index contributed by atoms with van der Waals surface area (Å²) in [6.45, 7) is 24.1. The standard InChI is InChI=1S/C26H35NO2.C12H19N.C6H12/c1-6-19(4)26-20(5)14-22(16-25(26)29-7-2)23-15-24(27(17-23)12-13-28)21-10-8-18(3)9-11-21;1-5-10-7-9(3)8-11(6-2)12(10)13-4;1-5(2)6-3-4-6/h8-11,13-14,16,19,23-24H,6-7,12,15,17H2,1-5H3;7-8,13H,5-6H2,1-4H3;5-6H,3-4H2,1-2H3/t19?,23?,24-;;/m1../s1. The number of rotatable bonds is 12. The summed E-state index contributed by atoms with van der Waals surface area (Å²) in [4.78, 5) is 13.6. The Labute approximate surface area is 294 Å². The van der Waals surface area contributed by atoms with Gasteiger partial charge in [-0.25, -0.2) is 0 Å². The predicted octanol–water partition coefficient (Wildman–Crippen LogP) is 11.2. The molecule has 1 heterocycles. The third kappa shape index (κ3) is 10.7. The van der Waals surface area contributed by atoms with Gasteiger partial charge < -0.3 is 14.8 Å². The first-order chi connectivity index (χ1) is 23.0. The van der Waals surface area contributed by atoms with Gasteiger partial charge in [0.2, 0.25) is 0 Å². The SMILES string of the molecule is CC(C)C1CC1.CCOc1cc(C2C[C@H](c3ccc(C)cc3)N(CC=O)C2)cc(C)c1C(C)CC.CCc1cc(C)cc(CC)c1NC. The van der Waals surface area contributed by atoms with Gasteiger partial charge in [-0.05, 0) is 129 Å². The minimum Gasteiger partial charge on any atom is -0.494 e. The average molecular weight is 655 g/mol. The minimum atomic E-state index is 0.288. The maximum Gasteiger partial charge on any atom is 0.134 e. The van der Waals surface area contributed by atoms with Crippen LogP contribution in [0.25, 0.3) is 0 Å². The Morgan fingerprint density at radius 3 is 1.96 bits per heavy atom. The molecule has 1 saturated heterocycles. The van der Waals surface area contributed by atoms with Crippen LogP contribution in [0.3, 0.4) is 0 Å². The molecule has 0 radical (unpaired) electrons. The zero-order chi connectivity index (χ0) is 35.4. The number of nitrogens with one attached hydrogen (secondary N) is 1. The largest absolute Gasteiger partial charge is 0.494 e.